The van der Waals surface area contributed by atoms with Gasteiger partial charge in [0.1, 0.15) is 0 Å². The van der Waals surface area contributed by atoms with Gasteiger partial charge in [-0.2, -0.15) is 0 Å². The predicted molar refractivity (Wildman–Crippen MR) is 54.4 cm³/mol. The summed E-state index contributed by atoms with van der Waals surface area (Å²) in [7, 11) is 0. The summed E-state index contributed by atoms with van der Waals surface area (Å²) < 4.78 is 0. The maximum absolute atomic E-state index is 11.7. The molecule has 1 aliphatic heterocycles. The summed E-state index contributed by atoms with van der Waals surface area (Å²) in [6, 6.07) is -0.241. The Balaban J connectivity index is 2.09. The zero-order valence-electron chi connectivity index (χ0n) is 8.97. The number of carboxylic acid groups (broad SMARTS) is 1. The minimum atomic E-state index is -0.841. The van der Waals surface area contributed by atoms with Gasteiger partial charge in [0.25, 0.3) is 11.8 Å². The Morgan fingerprint density at radius 1 is 1.44 bits per heavy atom. The second-order valence-electron chi connectivity index (χ2n) is 4.34. The van der Waals surface area contributed by atoms with Crippen molar-refractivity contribution in [2.24, 2.45) is 5.92 Å². The van der Waals surface area contributed by atoms with Crippen molar-refractivity contribution in [2.45, 2.75) is 32.2 Å². The minimum absolute atomic E-state index is 0.241. The van der Waals surface area contributed by atoms with Gasteiger partial charge in [-0.15, -0.1) is 0 Å². The Morgan fingerprint density at radius 3 is 2.56 bits per heavy atom. The molecule has 16 heavy (non-hydrogen) atoms. The molecule has 0 aromatic carbocycles. The van der Waals surface area contributed by atoms with Gasteiger partial charge in [0.05, 0.1) is 5.92 Å². The van der Waals surface area contributed by atoms with Crippen LogP contribution in [0.2, 0.25) is 0 Å². The lowest BCUT2D eigenvalue weighted by Gasteiger charge is -2.22. The second kappa shape index (κ2) is 3.73. The van der Waals surface area contributed by atoms with Crippen molar-refractivity contribution < 1.29 is 19.5 Å². The fraction of sp³-hybridized carbons (Fsp3) is 0.545. The summed E-state index contributed by atoms with van der Waals surface area (Å²) >= 11 is 0. The number of hydrogen-bond donors (Lipinski definition) is 1. The molecule has 1 N–H and O–H groups in total. The molecule has 86 valence electrons. The summed E-state index contributed by atoms with van der Waals surface area (Å²) in [6.45, 7) is 1.60. The smallest absolute Gasteiger partial charge is 0.306 e. The monoisotopic (exact) mass is 223 g/mol. The molecule has 2 amide bonds. The molecule has 0 unspecified atom stereocenters. The summed E-state index contributed by atoms with van der Waals surface area (Å²) in [4.78, 5) is 35.2. The van der Waals surface area contributed by atoms with Crippen LogP contribution < -0.4 is 0 Å². The number of amides is 2. The van der Waals surface area contributed by atoms with Gasteiger partial charge in [-0.05, 0) is 26.2 Å². The first-order chi connectivity index (χ1) is 7.50. The van der Waals surface area contributed by atoms with Gasteiger partial charge in [0, 0.05) is 17.7 Å². The van der Waals surface area contributed by atoms with Crippen molar-refractivity contribution in [3.05, 3.63) is 11.6 Å². The zero-order valence-corrected chi connectivity index (χ0v) is 8.97. The van der Waals surface area contributed by atoms with Crippen LogP contribution in [0.15, 0.2) is 11.6 Å². The average Bonchev–Trinajstić information content (AvgIpc) is 2.74. The normalized spacial score (nSPS) is 29.8. The summed E-state index contributed by atoms with van der Waals surface area (Å²) in [6.07, 6.45) is 2.83. The molecule has 2 atom stereocenters. The van der Waals surface area contributed by atoms with Crippen LogP contribution in [0.3, 0.4) is 0 Å². The summed E-state index contributed by atoms with van der Waals surface area (Å²) in [5.74, 6) is -1.85. The first-order valence-electron chi connectivity index (χ1n) is 5.29. The SMILES string of the molecule is CC1=CC(=O)N([C@H]2CC[C@@H](C(=O)O)C2)C1=O. The number of carboxylic acids is 1. The lowest BCUT2D eigenvalue weighted by molar-refractivity contribution is -0.144. The Hall–Kier alpha value is -1.65. The van der Waals surface area contributed by atoms with E-state index in [0.29, 0.717) is 24.8 Å². The van der Waals surface area contributed by atoms with E-state index in [-0.39, 0.29) is 17.9 Å². The van der Waals surface area contributed by atoms with E-state index in [1.54, 1.807) is 6.92 Å². The van der Waals surface area contributed by atoms with Crippen LogP contribution in [-0.2, 0) is 14.4 Å². The molecule has 0 saturated heterocycles. The van der Waals surface area contributed by atoms with Crippen molar-refractivity contribution in [3.63, 3.8) is 0 Å². The van der Waals surface area contributed by atoms with E-state index in [2.05, 4.69) is 0 Å². The van der Waals surface area contributed by atoms with Gasteiger partial charge < -0.3 is 5.11 Å². The molecule has 1 aliphatic carbocycles. The van der Waals surface area contributed by atoms with Crippen LogP contribution in [0.1, 0.15) is 26.2 Å². The Labute approximate surface area is 92.7 Å². The standard InChI is InChI=1S/C11H13NO4/c1-6-4-9(13)12(10(6)14)8-3-2-7(5-8)11(15)16/h4,7-8H,2-3,5H2,1H3,(H,15,16)/t7-,8+/m1/s1. The van der Waals surface area contributed by atoms with E-state index in [1.807, 2.05) is 0 Å². The molecule has 0 aromatic heterocycles. The van der Waals surface area contributed by atoms with Crippen LogP contribution in [0.5, 0.6) is 0 Å². The number of carbonyl (C=O) groups excluding carboxylic acids is 2. The fourth-order valence-electron chi connectivity index (χ4n) is 2.37. The highest BCUT2D eigenvalue weighted by atomic mass is 16.4. The van der Waals surface area contributed by atoms with Crippen LogP contribution in [0.4, 0.5) is 0 Å². The van der Waals surface area contributed by atoms with Crippen LogP contribution in [0.25, 0.3) is 0 Å². The molecular formula is C11H13NO4. The molecule has 0 aromatic rings. The third-order valence-corrected chi connectivity index (χ3v) is 3.25. The average molecular weight is 223 g/mol. The van der Waals surface area contributed by atoms with Crippen molar-refractivity contribution >= 4 is 17.8 Å². The molecule has 2 aliphatic rings. The number of imide groups is 1. The molecule has 5 nitrogen and oxygen atoms in total. The van der Waals surface area contributed by atoms with Gasteiger partial charge >= 0.3 is 5.97 Å². The topological polar surface area (TPSA) is 74.7 Å². The van der Waals surface area contributed by atoms with Crippen molar-refractivity contribution in [2.75, 3.05) is 0 Å². The Morgan fingerprint density at radius 2 is 2.12 bits per heavy atom. The van der Waals surface area contributed by atoms with Gasteiger partial charge in [-0.25, -0.2) is 0 Å². The molecular weight excluding hydrogens is 210 g/mol. The summed E-state index contributed by atoms with van der Waals surface area (Å²) in [5.41, 5.74) is 0.434. The maximum atomic E-state index is 11.7. The lowest BCUT2D eigenvalue weighted by atomic mass is 10.1. The van der Waals surface area contributed by atoms with E-state index >= 15 is 0 Å². The Bertz CT molecular complexity index is 399. The minimum Gasteiger partial charge on any atom is -0.481 e. The van der Waals surface area contributed by atoms with E-state index < -0.39 is 11.9 Å². The first-order valence-corrected chi connectivity index (χ1v) is 5.29. The fourth-order valence-corrected chi connectivity index (χ4v) is 2.37. The first kappa shape index (κ1) is 10.9. The molecule has 0 radical (unpaired) electrons. The zero-order chi connectivity index (χ0) is 11.9. The number of hydrogen-bond acceptors (Lipinski definition) is 3. The van der Waals surface area contributed by atoms with E-state index in [1.165, 1.54) is 11.0 Å². The van der Waals surface area contributed by atoms with Gasteiger partial charge in [-0.3, -0.25) is 19.3 Å². The van der Waals surface area contributed by atoms with E-state index in [4.69, 9.17) is 5.11 Å². The maximum Gasteiger partial charge on any atom is 0.306 e. The van der Waals surface area contributed by atoms with Crippen LogP contribution >= 0.6 is 0 Å². The number of carbonyl (C=O) groups is 3. The largest absolute Gasteiger partial charge is 0.481 e. The third-order valence-electron chi connectivity index (χ3n) is 3.25. The van der Waals surface area contributed by atoms with Crippen LogP contribution in [0, 0.1) is 5.92 Å². The molecule has 2 rings (SSSR count). The van der Waals surface area contributed by atoms with E-state index in [0.717, 1.165) is 0 Å². The molecule has 0 bridgehead atoms. The van der Waals surface area contributed by atoms with Gasteiger partial charge in [0.2, 0.25) is 0 Å². The highest BCUT2D eigenvalue weighted by Gasteiger charge is 2.40. The van der Waals surface area contributed by atoms with Crippen molar-refractivity contribution in [1.29, 1.82) is 0 Å². The molecule has 1 fully saturated rings. The van der Waals surface area contributed by atoms with Gasteiger partial charge in [0.15, 0.2) is 0 Å². The molecule has 1 saturated carbocycles. The summed E-state index contributed by atoms with van der Waals surface area (Å²) in [5, 5.41) is 8.86. The van der Waals surface area contributed by atoms with Crippen LogP contribution in [-0.4, -0.2) is 33.8 Å². The number of rotatable bonds is 2. The van der Waals surface area contributed by atoms with Crippen molar-refractivity contribution in [3.8, 4) is 0 Å². The lowest BCUT2D eigenvalue weighted by Crippen LogP contribution is -2.39. The molecule has 5 heteroatoms. The highest BCUT2D eigenvalue weighted by Crippen LogP contribution is 2.32. The predicted octanol–water partition coefficient (Wildman–Crippen LogP) is 0.555. The van der Waals surface area contributed by atoms with Gasteiger partial charge in [-0.1, -0.05) is 0 Å². The second-order valence-corrected chi connectivity index (χ2v) is 4.34. The number of aliphatic carboxylic acids is 1. The quantitative estimate of drug-likeness (QED) is 0.694. The Kier molecular flexibility index (Phi) is 2.53. The van der Waals surface area contributed by atoms with Crippen molar-refractivity contribution in [1.82, 2.24) is 4.90 Å². The third kappa shape index (κ3) is 1.62. The highest BCUT2D eigenvalue weighted by molar-refractivity contribution is 6.16. The molecule has 1 heterocycles. The molecule has 0 spiro atoms. The van der Waals surface area contributed by atoms with E-state index in [9.17, 15) is 14.4 Å². The number of nitrogens with zero attached hydrogens (tertiary/aromatic N) is 1.